The van der Waals surface area contributed by atoms with Gasteiger partial charge in [-0.2, -0.15) is 0 Å². The molecule has 1 atom stereocenters. The molecule has 1 unspecified atom stereocenters. The Labute approximate surface area is 90.1 Å². The highest BCUT2D eigenvalue weighted by atomic mass is 16.5. The number of ether oxygens (including phenoxy) is 2. The molecule has 1 saturated carbocycles. The Morgan fingerprint density at radius 3 is 2.93 bits per heavy atom. The summed E-state index contributed by atoms with van der Waals surface area (Å²) in [6, 6.07) is 0. The van der Waals surface area contributed by atoms with Crippen molar-refractivity contribution in [2.75, 3.05) is 13.7 Å². The van der Waals surface area contributed by atoms with Crippen molar-refractivity contribution in [2.24, 2.45) is 11.7 Å². The largest absolute Gasteiger partial charge is 0.469 e. The van der Waals surface area contributed by atoms with Gasteiger partial charge in [0, 0.05) is 6.54 Å². The lowest BCUT2D eigenvalue weighted by atomic mass is 9.67. The van der Waals surface area contributed by atoms with Crippen LogP contribution in [0.25, 0.3) is 0 Å². The highest BCUT2D eigenvalue weighted by Crippen LogP contribution is 2.48. The molecule has 1 heterocycles. The number of nitrogens with two attached hydrogens (primary N) is 1. The lowest BCUT2D eigenvalue weighted by Crippen LogP contribution is -2.54. The van der Waals surface area contributed by atoms with Gasteiger partial charge in [-0.3, -0.25) is 4.79 Å². The van der Waals surface area contributed by atoms with Gasteiger partial charge < -0.3 is 15.2 Å². The molecular weight excluding hydrogens is 194 g/mol. The molecule has 4 nitrogen and oxygen atoms in total. The Kier molecular flexibility index (Phi) is 2.98. The van der Waals surface area contributed by atoms with Crippen LogP contribution in [-0.2, 0) is 14.3 Å². The third-order valence-corrected chi connectivity index (χ3v) is 3.61. The maximum atomic E-state index is 11.3. The van der Waals surface area contributed by atoms with Gasteiger partial charge in [0.2, 0.25) is 0 Å². The van der Waals surface area contributed by atoms with Gasteiger partial charge in [-0.1, -0.05) is 0 Å². The Bertz CT molecular complexity index is 248. The lowest BCUT2D eigenvalue weighted by molar-refractivity contribution is -0.199. The van der Waals surface area contributed by atoms with Crippen molar-refractivity contribution in [3.8, 4) is 0 Å². The Hall–Kier alpha value is -0.610. The van der Waals surface area contributed by atoms with Crippen molar-refractivity contribution >= 4 is 5.97 Å². The summed E-state index contributed by atoms with van der Waals surface area (Å²) in [6.07, 6.45) is 5.11. The zero-order chi connectivity index (χ0) is 10.9. The van der Waals surface area contributed by atoms with Crippen molar-refractivity contribution in [1.29, 1.82) is 0 Å². The van der Waals surface area contributed by atoms with E-state index in [4.69, 9.17) is 15.2 Å². The fraction of sp³-hybridized carbons (Fsp3) is 0.909. The summed E-state index contributed by atoms with van der Waals surface area (Å²) in [5.74, 6) is -0.0504. The van der Waals surface area contributed by atoms with Crippen molar-refractivity contribution < 1.29 is 14.3 Å². The Morgan fingerprint density at radius 1 is 1.60 bits per heavy atom. The summed E-state index contributed by atoms with van der Waals surface area (Å²) < 4.78 is 10.7. The van der Waals surface area contributed by atoms with E-state index < -0.39 is 0 Å². The van der Waals surface area contributed by atoms with E-state index in [1.54, 1.807) is 0 Å². The fourth-order valence-corrected chi connectivity index (χ4v) is 2.76. The predicted molar refractivity (Wildman–Crippen MR) is 55.2 cm³/mol. The van der Waals surface area contributed by atoms with Gasteiger partial charge in [0.05, 0.1) is 24.7 Å². The summed E-state index contributed by atoms with van der Waals surface area (Å²) >= 11 is 0. The molecule has 2 N–H and O–H groups in total. The standard InChI is InChI=1S/C11H19NO3/c1-14-10(13)8-5-11(6-8)4-2-3-9(7-12)15-11/h8-9H,2-7,12H2,1H3. The van der Waals surface area contributed by atoms with E-state index in [0.29, 0.717) is 6.54 Å². The third-order valence-electron chi connectivity index (χ3n) is 3.61. The average Bonchev–Trinajstić information content (AvgIpc) is 2.24. The Morgan fingerprint density at radius 2 is 2.33 bits per heavy atom. The van der Waals surface area contributed by atoms with Crippen LogP contribution >= 0.6 is 0 Å². The van der Waals surface area contributed by atoms with Crippen LogP contribution in [-0.4, -0.2) is 31.3 Å². The van der Waals surface area contributed by atoms with Crippen molar-refractivity contribution in [3.63, 3.8) is 0 Å². The highest BCUT2D eigenvalue weighted by molar-refractivity contribution is 5.73. The molecule has 2 rings (SSSR count). The van der Waals surface area contributed by atoms with E-state index >= 15 is 0 Å². The van der Waals surface area contributed by atoms with Gasteiger partial charge in [-0.05, 0) is 32.1 Å². The van der Waals surface area contributed by atoms with Crippen molar-refractivity contribution in [3.05, 3.63) is 0 Å². The van der Waals surface area contributed by atoms with Crippen LogP contribution in [0.15, 0.2) is 0 Å². The normalized spacial score (nSPS) is 39.9. The zero-order valence-electron chi connectivity index (χ0n) is 9.20. The molecule has 2 fully saturated rings. The summed E-state index contributed by atoms with van der Waals surface area (Å²) in [4.78, 5) is 11.3. The van der Waals surface area contributed by atoms with Crippen LogP contribution in [0.5, 0.6) is 0 Å². The van der Waals surface area contributed by atoms with Gasteiger partial charge in [-0.25, -0.2) is 0 Å². The highest BCUT2D eigenvalue weighted by Gasteiger charge is 2.50. The summed E-state index contributed by atoms with van der Waals surface area (Å²) in [5.41, 5.74) is 5.55. The van der Waals surface area contributed by atoms with Crippen molar-refractivity contribution in [2.45, 2.75) is 43.8 Å². The monoisotopic (exact) mass is 213 g/mol. The molecule has 4 heteroatoms. The first-order valence-corrected chi connectivity index (χ1v) is 5.65. The topological polar surface area (TPSA) is 61.5 Å². The first-order valence-electron chi connectivity index (χ1n) is 5.65. The summed E-state index contributed by atoms with van der Waals surface area (Å²) in [5, 5.41) is 0. The number of esters is 1. The molecule has 1 saturated heterocycles. The third kappa shape index (κ3) is 2.01. The molecule has 86 valence electrons. The van der Waals surface area contributed by atoms with Gasteiger partial charge in [0.15, 0.2) is 0 Å². The molecule has 0 aromatic heterocycles. The van der Waals surface area contributed by atoms with Crippen LogP contribution < -0.4 is 5.73 Å². The van der Waals surface area contributed by atoms with Crippen LogP contribution in [0.3, 0.4) is 0 Å². The molecule has 0 amide bonds. The van der Waals surface area contributed by atoms with Gasteiger partial charge in [0.25, 0.3) is 0 Å². The smallest absolute Gasteiger partial charge is 0.308 e. The number of carbonyl (C=O) groups excluding carboxylic acids is 1. The second-order valence-electron chi connectivity index (χ2n) is 4.68. The maximum absolute atomic E-state index is 11.3. The molecule has 15 heavy (non-hydrogen) atoms. The number of carbonyl (C=O) groups is 1. The predicted octanol–water partition coefficient (Wildman–Crippen LogP) is 0.836. The van der Waals surface area contributed by atoms with Gasteiger partial charge >= 0.3 is 5.97 Å². The molecule has 0 bridgehead atoms. The zero-order valence-corrected chi connectivity index (χ0v) is 9.20. The van der Waals surface area contributed by atoms with E-state index in [-0.39, 0.29) is 23.6 Å². The molecule has 1 spiro atoms. The second kappa shape index (κ2) is 4.10. The molecule has 0 aromatic carbocycles. The summed E-state index contributed by atoms with van der Waals surface area (Å²) in [6.45, 7) is 0.588. The van der Waals surface area contributed by atoms with Gasteiger partial charge in [-0.15, -0.1) is 0 Å². The van der Waals surface area contributed by atoms with Crippen LogP contribution in [0.4, 0.5) is 0 Å². The second-order valence-corrected chi connectivity index (χ2v) is 4.68. The van der Waals surface area contributed by atoms with Crippen molar-refractivity contribution in [1.82, 2.24) is 0 Å². The minimum atomic E-state index is -0.0981. The number of methoxy groups -OCH3 is 1. The number of hydrogen-bond donors (Lipinski definition) is 1. The van der Waals surface area contributed by atoms with Crippen LogP contribution in [0.1, 0.15) is 32.1 Å². The minimum absolute atomic E-state index is 0.0477. The quantitative estimate of drug-likeness (QED) is 0.690. The van der Waals surface area contributed by atoms with Gasteiger partial charge in [0.1, 0.15) is 0 Å². The lowest BCUT2D eigenvalue weighted by Gasteiger charge is -2.50. The SMILES string of the molecule is COC(=O)C1CC2(CCCC(CN)O2)C1. The summed E-state index contributed by atoms with van der Waals surface area (Å²) in [7, 11) is 1.44. The first kappa shape index (κ1) is 10.9. The molecule has 2 aliphatic rings. The number of rotatable bonds is 2. The van der Waals surface area contributed by atoms with Crippen LogP contribution in [0, 0.1) is 5.92 Å². The fourth-order valence-electron chi connectivity index (χ4n) is 2.76. The molecule has 0 radical (unpaired) electrons. The van der Waals surface area contributed by atoms with E-state index in [1.807, 2.05) is 0 Å². The van der Waals surface area contributed by atoms with Crippen LogP contribution in [0.2, 0.25) is 0 Å². The minimum Gasteiger partial charge on any atom is -0.469 e. The molecule has 0 aromatic rings. The van der Waals surface area contributed by atoms with E-state index in [0.717, 1.165) is 32.1 Å². The average molecular weight is 213 g/mol. The maximum Gasteiger partial charge on any atom is 0.308 e. The molecular formula is C11H19NO3. The molecule has 1 aliphatic heterocycles. The Balaban J connectivity index is 1.87. The first-order chi connectivity index (χ1) is 7.19. The van der Waals surface area contributed by atoms with E-state index in [9.17, 15) is 4.79 Å². The van der Waals surface area contributed by atoms with E-state index in [1.165, 1.54) is 7.11 Å². The molecule has 1 aliphatic carbocycles. The number of hydrogen-bond acceptors (Lipinski definition) is 4. The van der Waals surface area contributed by atoms with E-state index in [2.05, 4.69) is 0 Å².